The zero-order valence-corrected chi connectivity index (χ0v) is 14.7. The van der Waals surface area contributed by atoms with Gasteiger partial charge in [-0.2, -0.15) is 0 Å². The summed E-state index contributed by atoms with van der Waals surface area (Å²) >= 11 is 1.80. The normalized spacial score (nSPS) is 11.5. The Kier molecular flexibility index (Phi) is 4.00. The topological polar surface area (TPSA) is 17.8 Å². The van der Waals surface area contributed by atoms with Crippen molar-refractivity contribution >= 4 is 22.8 Å². The van der Waals surface area contributed by atoms with Gasteiger partial charge in [-0.1, -0.05) is 19.9 Å². The van der Waals surface area contributed by atoms with Crippen LogP contribution < -0.4 is 0 Å². The molecule has 1 aromatic carbocycles. The minimum absolute atomic E-state index is 0.545. The van der Waals surface area contributed by atoms with Gasteiger partial charge in [-0.15, -0.1) is 11.8 Å². The number of aromatic nitrogens is 2. The third-order valence-corrected chi connectivity index (χ3v) is 4.89. The van der Waals surface area contributed by atoms with Crippen molar-refractivity contribution in [2.45, 2.75) is 38.5 Å². The molecule has 0 saturated heterocycles. The summed E-state index contributed by atoms with van der Waals surface area (Å²) in [7, 11) is 0. The number of benzene rings is 1. The Morgan fingerprint density at radius 2 is 1.86 bits per heavy atom. The summed E-state index contributed by atoms with van der Waals surface area (Å²) < 4.78 is 2.23. The lowest BCUT2D eigenvalue weighted by Gasteiger charge is -2.13. The van der Waals surface area contributed by atoms with Crippen molar-refractivity contribution in [3.63, 3.8) is 0 Å². The van der Waals surface area contributed by atoms with Crippen LogP contribution in [0.25, 0.3) is 16.7 Å². The van der Waals surface area contributed by atoms with E-state index in [1.54, 1.807) is 11.8 Å². The van der Waals surface area contributed by atoms with Gasteiger partial charge in [0, 0.05) is 22.2 Å². The molecule has 0 unspecified atom stereocenters. The van der Waals surface area contributed by atoms with Crippen molar-refractivity contribution < 1.29 is 0 Å². The number of rotatable bonds is 3. The van der Waals surface area contributed by atoms with Gasteiger partial charge < -0.3 is 0 Å². The molecule has 0 aliphatic rings. The van der Waals surface area contributed by atoms with Crippen molar-refractivity contribution in [1.82, 2.24) is 9.55 Å². The molecule has 2 nitrogen and oxygen atoms in total. The third-order valence-electron chi connectivity index (χ3n) is 4.12. The fraction of sp³-hybridized carbons (Fsp3) is 0.316. The minimum atomic E-state index is 0.545. The van der Waals surface area contributed by atoms with E-state index in [0.29, 0.717) is 5.92 Å². The second-order valence-electron chi connectivity index (χ2n) is 6.09. The maximum atomic E-state index is 4.76. The van der Waals surface area contributed by atoms with Crippen LogP contribution in [0.3, 0.4) is 0 Å². The molecule has 0 bridgehead atoms. The van der Waals surface area contributed by atoms with Gasteiger partial charge in [-0.05, 0) is 61.4 Å². The molecule has 0 N–H and O–H groups in total. The summed E-state index contributed by atoms with van der Waals surface area (Å²) in [5.74, 6) is 0.545. The van der Waals surface area contributed by atoms with Gasteiger partial charge in [0.25, 0.3) is 0 Å². The number of pyridine rings is 1. The fourth-order valence-corrected chi connectivity index (χ4v) is 3.42. The molecule has 2 heterocycles. The molecule has 3 aromatic rings. The maximum absolute atomic E-state index is 4.76. The Labute approximate surface area is 136 Å². The molecule has 0 spiro atoms. The lowest BCUT2D eigenvalue weighted by Crippen LogP contribution is -1.98. The minimum Gasteiger partial charge on any atom is -0.300 e. The van der Waals surface area contributed by atoms with Crippen LogP contribution in [0.15, 0.2) is 41.4 Å². The molecular formula is C19H22N2S. The summed E-state index contributed by atoms with van der Waals surface area (Å²) in [6.07, 6.45) is 4.33. The van der Waals surface area contributed by atoms with E-state index in [1.807, 2.05) is 6.92 Å². The van der Waals surface area contributed by atoms with Crippen LogP contribution in [0.4, 0.5) is 0 Å². The van der Waals surface area contributed by atoms with E-state index in [1.165, 1.54) is 27.1 Å². The lowest BCUT2D eigenvalue weighted by molar-refractivity contribution is 0.859. The van der Waals surface area contributed by atoms with E-state index in [9.17, 15) is 0 Å². The van der Waals surface area contributed by atoms with Crippen LogP contribution in [-0.4, -0.2) is 15.8 Å². The van der Waals surface area contributed by atoms with Gasteiger partial charge in [0.2, 0.25) is 0 Å². The summed E-state index contributed by atoms with van der Waals surface area (Å²) in [6.45, 7) is 8.67. The summed E-state index contributed by atoms with van der Waals surface area (Å²) in [6, 6.07) is 11.0. The molecular weight excluding hydrogens is 288 g/mol. The Balaban J connectivity index is 2.25. The van der Waals surface area contributed by atoms with Crippen molar-refractivity contribution in [2.75, 3.05) is 6.26 Å². The van der Waals surface area contributed by atoms with Gasteiger partial charge in [0.05, 0.1) is 5.69 Å². The molecule has 2 aromatic heterocycles. The molecule has 3 rings (SSSR count). The monoisotopic (exact) mass is 310 g/mol. The first-order valence-electron chi connectivity index (χ1n) is 7.65. The first-order chi connectivity index (χ1) is 10.5. The molecule has 0 radical (unpaired) electrons. The van der Waals surface area contributed by atoms with Gasteiger partial charge in [-0.3, -0.25) is 4.57 Å². The average Bonchev–Trinajstić information content (AvgIpc) is 2.82. The van der Waals surface area contributed by atoms with Crippen molar-refractivity contribution in [1.29, 1.82) is 0 Å². The quantitative estimate of drug-likeness (QED) is 0.595. The first kappa shape index (κ1) is 15.2. The van der Waals surface area contributed by atoms with E-state index < -0.39 is 0 Å². The fourth-order valence-electron chi connectivity index (χ4n) is 2.79. The molecule has 0 saturated carbocycles. The van der Waals surface area contributed by atoms with Crippen LogP contribution in [0.1, 0.15) is 36.6 Å². The van der Waals surface area contributed by atoms with Crippen LogP contribution >= 0.6 is 11.8 Å². The van der Waals surface area contributed by atoms with E-state index in [2.05, 4.69) is 68.1 Å². The average molecular weight is 310 g/mol. The number of fused-ring (bicyclic) bond motifs is 1. The molecule has 0 amide bonds. The molecule has 0 atom stereocenters. The van der Waals surface area contributed by atoms with Crippen LogP contribution in [0, 0.1) is 13.8 Å². The summed E-state index contributed by atoms with van der Waals surface area (Å²) in [4.78, 5) is 6.06. The predicted octanol–water partition coefficient (Wildman–Crippen LogP) is 5.49. The Morgan fingerprint density at radius 3 is 2.55 bits per heavy atom. The second kappa shape index (κ2) is 5.81. The molecule has 22 heavy (non-hydrogen) atoms. The largest absolute Gasteiger partial charge is 0.300 e. The molecule has 0 fully saturated rings. The van der Waals surface area contributed by atoms with Crippen LogP contribution in [0.5, 0.6) is 0 Å². The Morgan fingerprint density at radius 1 is 1.09 bits per heavy atom. The second-order valence-corrected chi connectivity index (χ2v) is 6.94. The van der Waals surface area contributed by atoms with Crippen molar-refractivity contribution in [3.8, 4) is 5.69 Å². The molecule has 0 aliphatic carbocycles. The van der Waals surface area contributed by atoms with Crippen molar-refractivity contribution in [2.24, 2.45) is 0 Å². The van der Waals surface area contributed by atoms with Crippen LogP contribution in [-0.2, 0) is 0 Å². The van der Waals surface area contributed by atoms with Gasteiger partial charge >= 0.3 is 0 Å². The molecule has 3 heteroatoms. The van der Waals surface area contributed by atoms with Gasteiger partial charge in [-0.25, -0.2) is 4.98 Å². The highest BCUT2D eigenvalue weighted by Crippen LogP contribution is 2.31. The number of hydrogen-bond acceptors (Lipinski definition) is 2. The van der Waals surface area contributed by atoms with E-state index in [-0.39, 0.29) is 0 Å². The number of thioether (sulfide) groups is 1. The first-order valence-corrected chi connectivity index (χ1v) is 8.87. The van der Waals surface area contributed by atoms with Gasteiger partial charge in [0.1, 0.15) is 5.65 Å². The smallest absolute Gasteiger partial charge is 0.145 e. The van der Waals surface area contributed by atoms with E-state index in [4.69, 9.17) is 4.98 Å². The SMILES string of the molecule is CSc1cc(C(C)C)ccc1-n1cc(C)c2ccc(C)nc21. The van der Waals surface area contributed by atoms with E-state index in [0.717, 1.165) is 11.3 Å². The highest BCUT2D eigenvalue weighted by Gasteiger charge is 2.13. The zero-order chi connectivity index (χ0) is 15.9. The summed E-state index contributed by atoms with van der Waals surface area (Å²) in [5, 5.41) is 1.23. The van der Waals surface area contributed by atoms with E-state index >= 15 is 0 Å². The molecule has 0 aliphatic heterocycles. The number of aryl methyl sites for hydroxylation is 2. The van der Waals surface area contributed by atoms with Crippen LogP contribution in [0.2, 0.25) is 0 Å². The Bertz CT molecular complexity index is 831. The van der Waals surface area contributed by atoms with Crippen molar-refractivity contribution in [3.05, 3.63) is 53.3 Å². The summed E-state index contributed by atoms with van der Waals surface area (Å²) in [5.41, 5.74) is 5.96. The third kappa shape index (κ3) is 2.54. The highest BCUT2D eigenvalue weighted by molar-refractivity contribution is 7.98. The number of hydrogen-bond donors (Lipinski definition) is 0. The predicted molar refractivity (Wildman–Crippen MR) is 96.4 cm³/mol. The number of nitrogens with zero attached hydrogens (tertiary/aromatic N) is 2. The maximum Gasteiger partial charge on any atom is 0.145 e. The standard InChI is InChI=1S/C19H22N2S/c1-12(2)15-7-9-17(18(10-15)22-5)21-11-13(3)16-8-6-14(4)20-19(16)21/h6-12H,1-5H3. The molecule has 114 valence electrons. The highest BCUT2D eigenvalue weighted by atomic mass is 32.2. The zero-order valence-electron chi connectivity index (χ0n) is 13.8. The van der Waals surface area contributed by atoms with Gasteiger partial charge in [0.15, 0.2) is 0 Å². The lowest BCUT2D eigenvalue weighted by atomic mass is 10.0. The Hall–Kier alpha value is -1.74.